The molecule has 0 aromatic heterocycles. The van der Waals surface area contributed by atoms with Crippen LogP contribution in [0.3, 0.4) is 0 Å². The molecule has 2 N–H and O–H groups in total. The highest BCUT2D eigenvalue weighted by atomic mass is 16.3. The molecule has 4 saturated carbocycles. The Hall–Kier alpha value is -0.410. The van der Waals surface area contributed by atoms with Crippen LogP contribution >= 0.6 is 0 Å². The van der Waals surface area contributed by atoms with Gasteiger partial charge < -0.3 is 10.2 Å². The first kappa shape index (κ1) is 15.1. The summed E-state index contributed by atoms with van der Waals surface area (Å²) in [5.41, 5.74) is -1.01. The van der Waals surface area contributed by atoms with Crippen LogP contribution in [0.2, 0.25) is 0 Å². The van der Waals surface area contributed by atoms with Crippen LogP contribution in [0.25, 0.3) is 0 Å². The van der Waals surface area contributed by atoms with E-state index in [9.17, 15) is 15.0 Å². The van der Waals surface area contributed by atoms with Crippen molar-refractivity contribution in [2.24, 2.45) is 28.6 Å². The zero-order valence-corrected chi connectivity index (χ0v) is 14.0. The molecule has 0 bridgehead atoms. The fraction of sp³-hybridized carbons (Fsp3) is 0.947. The summed E-state index contributed by atoms with van der Waals surface area (Å²) >= 11 is 0. The van der Waals surface area contributed by atoms with Gasteiger partial charge in [0.05, 0.1) is 17.1 Å². The molecule has 0 amide bonds. The lowest BCUT2D eigenvalue weighted by atomic mass is 9.44. The van der Waals surface area contributed by atoms with E-state index < -0.39 is 11.0 Å². The van der Waals surface area contributed by atoms with Crippen LogP contribution < -0.4 is 0 Å². The van der Waals surface area contributed by atoms with Gasteiger partial charge in [0.15, 0.2) is 0 Å². The number of rotatable bonds is 0. The molecule has 4 aliphatic carbocycles. The molecule has 0 aromatic carbocycles. The molecular weight excluding hydrogens is 276 g/mol. The third-order valence-electron chi connectivity index (χ3n) is 8.54. The minimum atomic E-state index is -0.767. The van der Waals surface area contributed by atoms with Crippen molar-refractivity contribution < 1.29 is 15.0 Å². The quantitative estimate of drug-likeness (QED) is 0.723. The van der Waals surface area contributed by atoms with Gasteiger partial charge in [-0.1, -0.05) is 6.92 Å². The van der Waals surface area contributed by atoms with Crippen molar-refractivity contribution in [1.29, 1.82) is 0 Å². The smallest absolute Gasteiger partial charge is 0.141 e. The predicted molar refractivity (Wildman–Crippen MR) is 84.2 cm³/mol. The molecule has 0 unspecified atom stereocenters. The third kappa shape index (κ3) is 1.67. The van der Waals surface area contributed by atoms with Gasteiger partial charge in [-0.2, -0.15) is 0 Å². The number of carbonyl (C=O) groups is 1. The number of Topliss-reactive ketones (excluding diaryl/α,β-unsaturated/α-hetero) is 1. The number of hydrogen-bond acceptors (Lipinski definition) is 3. The number of hydrogen-bond donors (Lipinski definition) is 2. The monoisotopic (exact) mass is 306 g/mol. The molecule has 7 atom stereocenters. The summed E-state index contributed by atoms with van der Waals surface area (Å²) in [6.07, 6.45) is 8.13. The Morgan fingerprint density at radius 2 is 1.77 bits per heavy atom. The van der Waals surface area contributed by atoms with Crippen molar-refractivity contribution in [3.8, 4) is 0 Å². The minimum absolute atomic E-state index is 0.125. The standard InChI is InChI=1S/C19H30O3/c1-17-8-5-13(20)11-12(17)3-4-15-14(17)6-9-18(2)16(21)7-10-19(15,18)22/h12-15,20,22H,3-11H2,1-2H3/t12-,13-,14-,15+,17-,18-,19+/m0/s1. The average molecular weight is 306 g/mol. The third-order valence-corrected chi connectivity index (χ3v) is 8.54. The molecule has 4 rings (SSSR count). The molecule has 22 heavy (non-hydrogen) atoms. The Kier molecular flexibility index (Phi) is 3.14. The molecule has 0 aliphatic heterocycles. The molecule has 0 aromatic rings. The van der Waals surface area contributed by atoms with E-state index in [2.05, 4.69) is 6.92 Å². The largest absolute Gasteiger partial charge is 0.393 e. The van der Waals surface area contributed by atoms with Gasteiger partial charge in [-0.15, -0.1) is 0 Å². The summed E-state index contributed by atoms with van der Waals surface area (Å²) in [5, 5.41) is 21.6. The Labute approximate surface area is 133 Å². The van der Waals surface area contributed by atoms with Crippen molar-refractivity contribution in [1.82, 2.24) is 0 Å². The molecule has 4 aliphatic rings. The van der Waals surface area contributed by atoms with Crippen molar-refractivity contribution in [2.75, 3.05) is 0 Å². The normalized spacial score (nSPS) is 57.9. The van der Waals surface area contributed by atoms with E-state index in [-0.39, 0.29) is 17.4 Å². The lowest BCUT2D eigenvalue weighted by molar-refractivity contribution is -0.202. The summed E-state index contributed by atoms with van der Waals surface area (Å²) in [7, 11) is 0. The van der Waals surface area contributed by atoms with Crippen LogP contribution in [0, 0.1) is 28.6 Å². The Bertz CT molecular complexity index is 503. The fourth-order valence-electron chi connectivity index (χ4n) is 6.97. The first-order valence-electron chi connectivity index (χ1n) is 9.25. The van der Waals surface area contributed by atoms with Crippen LogP contribution in [0.15, 0.2) is 0 Å². The fourth-order valence-corrected chi connectivity index (χ4v) is 6.97. The van der Waals surface area contributed by atoms with Crippen molar-refractivity contribution in [2.45, 2.75) is 83.3 Å². The molecular formula is C19H30O3. The van der Waals surface area contributed by atoms with Crippen LogP contribution in [0.4, 0.5) is 0 Å². The lowest BCUT2D eigenvalue weighted by Gasteiger charge is -2.62. The van der Waals surface area contributed by atoms with Gasteiger partial charge in [0.2, 0.25) is 0 Å². The zero-order chi connectivity index (χ0) is 15.8. The maximum atomic E-state index is 12.4. The van der Waals surface area contributed by atoms with Crippen molar-refractivity contribution in [3.05, 3.63) is 0 Å². The van der Waals surface area contributed by atoms with E-state index in [4.69, 9.17) is 0 Å². The SMILES string of the molecule is C[C@]12CC[C@H](O)C[C@@H]1CC[C@@H]1[C@@H]2CC[C@@]2(C)C(=O)CC[C@@]12O. The molecule has 124 valence electrons. The molecule has 3 heteroatoms. The number of fused-ring (bicyclic) bond motifs is 5. The highest BCUT2D eigenvalue weighted by molar-refractivity contribution is 5.88. The first-order valence-corrected chi connectivity index (χ1v) is 9.25. The topological polar surface area (TPSA) is 57.5 Å². The van der Waals surface area contributed by atoms with Gasteiger partial charge in [0.25, 0.3) is 0 Å². The van der Waals surface area contributed by atoms with Crippen LogP contribution in [-0.2, 0) is 4.79 Å². The predicted octanol–water partition coefficient (Wildman–Crippen LogP) is 3.07. The molecule has 0 saturated heterocycles. The minimum Gasteiger partial charge on any atom is -0.393 e. The molecule has 4 fully saturated rings. The van der Waals surface area contributed by atoms with Crippen LogP contribution in [-0.4, -0.2) is 27.7 Å². The highest BCUT2D eigenvalue weighted by Gasteiger charge is 2.67. The summed E-state index contributed by atoms with van der Waals surface area (Å²) in [6, 6.07) is 0. The van der Waals surface area contributed by atoms with E-state index >= 15 is 0 Å². The molecule has 0 radical (unpaired) electrons. The second kappa shape index (κ2) is 4.57. The van der Waals surface area contributed by atoms with Gasteiger partial charge in [-0.05, 0) is 81.5 Å². The molecule has 0 heterocycles. The van der Waals surface area contributed by atoms with E-state index in [1.54, 1.807) is 0 Å². The average Bonchev–Trinajstić information content (AvgIpc) is 2.72. The second-order valence-electron chi connectivity index (χ2n) is 9.14. The summed E-state index contributed by atoms with van der Waals surface area (Å²) in [6.45, 7) is 4.43. The van der Waals surface area contributed by atoms with Crippen LogP contribution in [0.5, 0.6) is 0 Å². The van der Waals surface area contributed by atoms with E-state index in [0.717, 1.165) is 44.9 Å². The summed E-state index contributed by atoms with van der Waals surface area (Å²) < 4.78 is 0. The van der Waals surface area contributed by atoms with Gasteiger partial charge in [0, 0.05) is 6.42 Å². The maximum Gasteiger partial charge on any atom is 0.141 e. The molecule has 3 nitrogen and oxygen atoms in total. The Balaban J connectivity index is 1.69. The number of ketones is 1. The van der Waals surface area contributed by atoms with E-state index in [0.29, 0.717) is 30.5 Å². The van der Waals surface area contributed by atoms with Gasteiger partial charge in [0.1, 0.15) is 5.78 Å². The molecule has 0 spiro atoms. The Morgan fingerprint density at radius 1 is 1.00 bits per heavy atom. The number of carbonyl (C=O) groups excluding carboxylic acids is 1. The highest BCUT2D eigenvalue weighted by Crippen LogP contribution is 2.66. The second-order valence-corrected chi connectivity index (χ2v) is 9.14. The first-order chi connectivity index (χ1) is 10.3. The van der Waals surface area contributed by atoms with E-state index in [1.807, 2.05) is 6.92 Å². The van der Waals surface area contributed by atoms with Crippen molar-refractivity contribution >= 4 is 5.78 Å². The summed E-state index contributed by atoms with van der Waals surface area (Å²) in [4.78, 5) is 12.4. The Morgan fingerprint density at radius 3 is 2.55 bits per heavy atom. The van der Waals surface area contributed by atoms with Crippen LogP contribution in [0.1, 0.15) is 71.6 Å². The lowest BCUT2D eigenvalue weighted by Crippen LogP contribution is -2.62. The van der Waals surface area contributed by atoms with Crippen molar-refractivity contribution in [3.63, 3.8) is 0 Å². The van der Waals surface area contributed by atoms with Gasteiger partial charge in [-0.25, -0.2) is 0 Å². The zero-order valence-electron chi connectivity index (χ0n) is 14.0. The maximum absolute atomic E-state index is 12.4. The summed E-state index contributed by atoms with van der Waals surface area (Å²) in [5.74, 6) is 1.71. The number of aliphatic hydroxyl groups excluding tert-OH is 1. The van der Waals surface area contributed by atoms with Gasteiger partial charge in [-0.3, -0.25) is 4.79 Å². The van der Waals surface area contributed by atoms with Gasteiger partial charge >= 0.3 is 0 Å². The van der Waals surface area contributed by atoms with E-state index in [1.165, 1.54) is 0 Å². The number of aliphatic hydroxyl groups is 2.